The molecule has 1 amide bonds. The number of carbonyl (C=O) groups excluding carboxylic acids is 3. The van der Waals surface area contributed by atoms with Crippen molar-refractivity contribution in [3.63, 3.8) is 0 Å². The van der Waals surface area contributed by atoms with Crippen molar-refractivity contribution in [3.8, 4) is 0 Å². The lowest BCUT2D eigenvalue weighted by Crippen LogP contribution is -2.38. The van der Waals surface area contributed by atoms with E-state index >= 15 is 0 Å². The van der Waals surface area contributed by atoms with Crippen molar-refractivity contribution in [2.24, 2.45) is 0 Å². The first-order chi connectivity index (χ1) is 13.0. The molecule has 3 rings (SSSR count). The van der Waals surface area contributed by atoms with Crippen LogP contribution in [0.2, 0.25) is 0 Å². The first-order valence-corrected chi connectivity index (χ1v) is 8.82. The zero-order valence-corrected chi connectivity index (χ0v) is 15.8. The van der Waals surface area contributed by atoms with Crippen molar-refractivity contribution >= 4 is 45.0 Å². The standard InChI is InChI=1S/C18H18N2O6S/c1-19-16(21)14-7-10-6-11(4-5-13(10)27-14)20-9-26-8-12(17(22)24-2)15(20)18(23)25-3/h4-7H,8-9H2,1-3H3,(H,19,21). The maximum atomic E-state index is 12.3. The number of anilines is 1. The number of nitrogens with one attached hydrogen (secondary N) is 1. The lowest BCUT2D eigenvalue weighted by atomic mass is 10.1. The maximum Gasteiger partial charge on any atom is 0.355 e. The Labute approximate surface area is 159 Å². The summed E-state index contributed by atoms with van der Waals surface area (Å²) in [7, 11) is 4.06. The predicted molar refractivity (Wildman–Crippen MR) is 99.6 cm³/mol. The van der Waals surface area contributed by atoms with Gasteiger partial charge in [-0.15, -0.1) is 11.3 Å². The van der Waals surface area contributed by atoms with Crippen molar-refractivity contribution in [3.05, 3.63) is 40.4 Å². The monoisotopic (exact) mass is 390 g/mol. The van der Waals surface area contributed by atoms with E-state index in [0.717, 1.165) is 10.1 Å². The van der Waals surface area contributed by atoms with Gasteiger partial charge in [-0.25, -0.2) is 9.59 Å². The van der Waals surface area contributed by atoms with Gasteiger partial charge in [-0.1, -0.05) is 0 Å². The summed E-state index contributed by atoms with van der Waals surface area (Å²) < 4.78 is 16.0. The van der Waals surface area contributed by atoms with Crippen LogP contribution in [0.1, 0.15) is 9.67 Å². The van der Waals surface area contributed by atoms with E-state index in [4.69, 9.17) is 14.2 Å². The Morgan fingerprint density at radius 1 is 1.15 bits per heavy atom. The fourth-order valence-corrected chi connectivity index (χ4v) is 3.77. The van der Waals surface area contributed by atoms with Crippen LogP contribution in [0, 0.1) is 0 Å². The number of ether oxygens (including phenoxy) is 3. The van der Waals surface area contributed by atoms with Gasteiger partial charge in [0.05, 0.1) is 31.3 Å². The van der Waals surface area contributed by atoms with Gasteiger partial charge in [0.2, 0.25) is 0 Å². The fourth-order valence-electron chi connectivity index (χ4n) is 2.78. The summed E-state index contributed by atoms with van der Waals surface area (Å²) in [6.45, 7) is 0.0258. The molecule has 0 spiro atoms. The third-order valence-electron chi connectivity index (χ3n) is 4.10. The highest BCUT2D eigenvalue weighted by Gasteiger charge is 2.32. The molecule has 1 aromatic carbocycles. The molecular weight excluding hydrogens is 372 g/mol. The van der Waals surface area contributed by atoms with Crippen molar-refractivity contribution in [1.82, 2.24) is 5.32 Å². The molecule has 27 heavy (non-hydrogen) atoms. The van der Waals surface area contributed by atoms with Gasteiger partial charge in [-0.2, -0.15) is 0 Å². The van der Waals surface area contributed by atoms with Crippen LogP contribution in [0.25, 0.3) is 10.1 Å². The number of esters is 2. The van der Waals surface area contributed by atoms with Crippen LogP contribution >= 0.6 is 11.3 Å². The normalized spacial score (nSPS) is 14.3. The first-order valence-electron chi connectivity index (χ1n) is 8.01. The average Bonchev–Trinajstić information content (AvgIpc) is 3.14. The number of carbonyl (C=O) groups is 3. The molecule has 0 saturated heterocycles. The highest BCUT2D eigenvalue weighted by molar-refractivity contribution is 7.20. The van der Waals surface area contributed by atoms with Gasteiger partial charge in [0.25, 0.3) is 5.91 Å². The molecule has 9 heteroatoms. The molecular formula is C18H18N2O6S. The summed E-state index contributed by atoms with van der Waals surface area (Å²) in [6, 6.07) is 7.24. The number of benzene rings is 1. The van der Waals surface area contributed by atoms with Crippen LogP contribution < -0.4 is 10.2 Å². The Kier molecular flexibility index (Phi) is 5.43. The molecule has 0 fully saturated rings. The summed E-state index contributed by atoms with van der Waals surface area (Å²) in [5.41, 5.74) is 0.800. The zero-order valence-electron chi connectivity index (χ0n) is 15.0. The van der Waals surface area contributed by atoms with Crippen LogP contribution in [0.15, 0.2) is 35.5 Å². The zero-order chi connectivity index (χ0) is 19.6. The number of hydrogen-bond acceptors (Lipinski definition) is 8. The molecule has 8 nitrogen and oxygen atoms in total. The largest absolute Gasteiger partial charge is 0.466 e. The van der Waals surface area contributed by atoms with Crippen LogP contribution in [-0.4, -0.2) is 52.5 Å². The minimum atomic E-state index is -0.657. The Bertz CT molecular complexity index is 948. The molecule has 0 unspecified atom stereocenters. The molecule has 0 saturated carbocycles. The minimum Gasteiger partial charge on any atom is -0.466 e. The van der Waals surface area contributed by atoms with Crippen LogP contribution in [0.5, 0.6) is 0 Å². The van der Waals surface area contributed by atoms with Crippen LogP contribution in [0.4, 0.5) is 5.69 Å². The Hall–Kier alpha value is -2.91. The van der Waals surface area contributed by atoms with Crippen molar-refractivity contribution in [2.75, 3.05) is 39.5 Å². The van der Waals surface area contributed by atoms with Crippen molar-refractivity contribution in [1.29, 1.82) is 0 Å². The van der Waals surface area contributed by atoms with Crippen molar-refractivity contribution in [2.45, 2.75) is 0 Å². The highest BCUT2D eigenvalue weighted by atomic mass is 32.1. The van der Waals surface area contributed by atoms with E-state index in [1.807, 2.05) is 12.1 Å². The summed E-state index contributed by atoms with van der Waals surface area (Å²) in [5, 5.41) is 3.43. The Morgan fingerprint density at radius 3 is 2.56 bits per heavy atom. The molecule has 1 aliphatic rings. The van der Waals surface area contributed by atoms with Gasteiger partial charge in [0.1, 0.15) is 12.4 Å². The first kappa shape index (κ1) is 18.9. The molecule has 1 aromatic heterocycles. The van der Waals surface area contributed by atoms with E-state index in [-0.39, 0.29) is 30.5 Å². The van der Waals surface area contributed by atoms with Gasteiger partial charge in [0.15, 0.2) is 0 Å². The quantitative estimate of drug-likeness (QED) is 0.794. The highest BCUT2D eigenvalue weighted by Crippen LogP contribution is 2.32. The molecule has 0 atom stereocenters. The average molecular weight is 390 g/mol. The molecule has 1 N–H and O–H groups in total. The molecule has 1 aliphatic heterocycles. The van der Waals surface area contributed by atoms with Gasteiger partial charge in [-0.3, -0.25) is 4.79 Å². The Balaban J connectivity index is 2.08. The fraction of sp³-hybridized carbons (Fsp3) is 0.278. The molecule has 0 radical (unpaired) electrons. The topological polar surface area (TPSA) is 94.2 Å². The molecule has 2 aromatic rings. The third kappa shape index (κ3) is 3.51. The molecule has 142 valence electrons. The minimum absolute atomic E-state index is 0.0465. The van der Waals surface area contributed by atoms with Crippen LogP contribution in [0.3, 0.4) is 0 Å². The van der Waals surface area contributed by atoms with Crippen molar-refractivity contribution < 1.29 is 28.6 Å². The number of nitrogens with zero attached hydrogens (tertiary/aromatic N) is 1. The van der Waals surface area contributed by atoms with Gasteiger partial charge < -0.3 is 24.4 Å². The van der Waals surface area contributed by atoms with Gasteiger partial charge in [0, 0.05) is 17.4 Å². The third-order valence-corrected chi connectivity index (χ3v) is 5.21. The summed E-state index contributed by atoms with van der Waals surface area (Å²) in [4.78, 5) is 38.4. The van der Waals surface area contributed by atoms with E-state index in [1.54, 1.807) is 24.1 Å². The maximum absolute atomic E-state index is 12.3. The van der Waals surface area contributed by atoms with Gasteiger partial charge >= 0.3 is 11.9 Å². The number of amides is 1. The van der Waals surface area contributed by atoms with E-state index in [9.17, 15) is 14.4 Å². The molecule has 0 aliphatic carbocycles. The molecule has 2 heterocycles. The Morgan fingerprint density at radius 2 is 1.89 bits per heavy atom. The number of fused-ring (bicyclic) bond motifs is 1. The van der Waals surface area contributed by atoms with Gasteiger partial charge in [-0.05, 0) is 29.7 Å². The predicted octanol–water partition coefficient (Wildman–Crippen LogP) is 1.66. The second-order valence-corrected chi connectivity index (χ2v) is 6.71. The smallest absolute Gasteiger partial charge is 0.355 e. The second kappa shape index (κ2) is 7.77. The lowest BCUT2D eigenvalue weighted by molar-refractivity contribution is -0.140. The summed E-state index contributed by atoms with van der Waals surface area (Å²) >= 11 is 1.37. The lowest BCUT2D eigenvalue weighted by Gasteiger charge is -2.31. The number of rotatable bonds is 4. The van der Waals surface area contributed by atoms with E-state index in [2.05, 4.69) is 5.32 Å². The van der Waals surface area contributed by atoms with E-state index in [0.29, 0.717) is 10.6 Å². The second-order valence-electron chi connectivity index (χ2n) is 5.63. The van der Waals surface area contributed by atoms with E-state index < -0.39 is 11.9 Å². The number of hydrogen-bond donors (Lipinski definition) is 1. The molecule has 0 bridgehead atoms. The van der Waals surface area contributed by atoms with Crippen LogP contribution in [-0.2, 0) is 23.8 Å². The SMILES string of the molecule is CNC(=O)c1cc2cc(N3COCC(C(=O)OC)=C3C(=O)OC)ccc2s1. The number of thiophene rings is 1. The van der Waals surface area contributed by atoms with E-state index in [1.165, 1.54) is 25.6 Å². The summed E-state index contributed by atoms with van der Waals surface area (Å²) in [5.74, 6) is -1.48. The summed E-state index contributed by atoms with van der Waals surface area (Å²) in [6.07, 6.45) is 0. The number of methoxy groups -OCH3 is 2.